The number of nitrogens with zero attached hydrogens (tertiary/aromatic N) is 1. The number of hydrogen-bond donors (Lipinski definition) is 0. The van der Waals surface area contributed by atoms with Crippen LogP contribution in [0.1, 0.15) is 48.0 Å². The molecule has 0 saturated carbocycles. The number of methoxy groups -OCH3 is 1. The summed E-state index contributed by atoms with van der Waals surface area (Å²) in [6, 6.07) is 7.07. The molecule has 0 N–H and O–H groups in total. The molecule has 2 aliphatic heterocycles. The molecule has 2 atom stereocenters. The molecule has 0 amide bonds. The topological polar surface area (TPSA) is 67.2 Å². The van der Waals surface area contributed by atoms with Gasteiger partial charge in [0.25, 0.3) is 0 Å². The first-order valence-electron chi connectivity index (χ1n) is 7.65. The molecule has 0 spiro atoms. The van der Waals surface area contributed by atoms with Crippen LogP contribution in [0.5, 0.6) is 5.75 Å². The molecule has 2 bridgehead atoms. The molecule has 5 heteroatoms. The Balaban J connectivity index is 1.88. The first kappa shape index (κ1) is 15.2. The Morgan fingerprint density at radius 2 is 2.00 bits per heavy atom. The first-order chi connectivity index (χ1) is 10.6. The van der Waals surface area contributed by atoms with Gasteiger partial charge < -0.3 is 4.74 Å². The number of Topliss-reactive ketones (excluding diaryl/α,β-unsaturated/α-hetero) is 1. The van der Waals surface area contributed by atoms with Crippen LogP contribution in [0.2, 0.25) is 0 Å². The van der Waals surface area contributed by atoms with Crippen molar-refractivity contribution in [3.8, 4) is 11.8 Å². The van der Waals surface area contributed by atoms with Gasteiger partial charge in [-0.05, 0) is 43.9 Å². The third-order valence-corrected chi connectivity index (χ3v) is 6.96. The van der Waals surface area contributed by atoms with Gasteiger partial charge in [-0.1, -0.05) is 6.42 Å². The third kappa shape index (κ3) is 2.68. The maximum absolute atomic E-state index is 12.9. The SMILES string of the molecule is COc1ccc(C#N)c(C(=O)C2CC3CCCC(C2)S3=O)c1. The molecule has 0 aromatic heterocycles. The Hall–Kier alpha value is -1.67. The number of rotatable bonds is 3. The Bertz CT molecular complexity index is 648. The van der Waals surface area contributed by atoms with Gasteiger partial charge in [0.15, 0.2) is 5.78 Å². The smallest absolute Gasteiger partial charge is 0.167 e. The van der Waals surface area contributed by atoms with Gasteiger partial charge in [0, 0.05) is 32.8 Å². The molecule has 0 aliphatic carbocycles. The molecular formula is C17H19NO3S. The Morgan fingerprint density at radius 3 is 2.59 bits per heavy atom. The van der Waals surface area contributed by atoms with Crippen molar-refractivity contribution in [1.29, 1.82) is 5.26 Å². The molecule has 116 valence electrons. The van der Waals surface area contributed by atoms with Gasteiger partial charge in [-0.15, -0.1) is 0 Å². The zero-order chi connectivity index (χ0) is 15.7. The van der Waals surface area contributed by atoms with Crippen LogP contribution in [-0.2, 0) is 10.8 Å². The van der Waals surface area contributed by atoms with E-state index in [1.807, 2.05) is 0 Å². The second-order valence-corrected chi connectivity index (χ2v) is 8.05. The summed E-state index contributed by atoms with van der Waals surface area (Å²) in [6.45, 7) is 0. The summed E-state index contributed by atoms with van der Waals surface area (Å²) in [6.07, 6.45) is 4.39. The van der Waals surface area contributed by atoms with Crippen LogP contribution in [0.15, 0.2) is 18.2 Å². The van der Waals surface area contributed by atoms with Crippen LogP contribution in [0.3, 0.4) is 0 Å². The highest BCUT2D eigenvalue weighted by Crippen LogP contribution is 2.38. The summed E-state index contributed by atoms with van der Waals surface area (Å²) < 4.78 is 17.4. The Kier molecular flexibility index (Phi) is 4.30. The second-order valence-electron chi connectivity index (χ2n) is 6.06. The highest BCUT2D eigenvalue weighted by Gasteiger charge is 2.41. The fourth-order valence-corrected chi connectivity index (χ4v) is 5.81. The lowest BCUT2D eigenvalue weighted by Gasteiger charge is -2.37. The Labute approximate surface area is 132 Å². The van der Waals surface area contributed by atoms with Crippen molar-refractivity contribution in [1.82, 2.24) is 0 Å². The van der Waals surface area contributed by atoms with Crippen molar-refractivity contribution in [2.75, 3.05) is 7.11 Å². The summed E-state index contributed by atoms with van der Waals surface area (Å²) in [5.41, 5.74) is 0.834. The molecule has 1 aromatic rings. The molecule has 2 saturated heterocycles. The van der Waals surface area contributed by atoms with E-state index in [0.29, 0.717) is 29.7 Å². The zero-order valence-corrected chi connectivity index (χ0v) is 13.4. The van der Waals surface area contributed by atoms with E-state index in [9.17, 15) is 14.3 Å². The van der Waals surface area contributed by atoms with Crippen LogP contribution in [0.25, 0.3) is 0 Å². The van der Waals surface area contributed by atoms with Gasteiger partial charge >= 0.3 is 0 Å². The maximum atomic E-state index is 12.9. The minimum absolute atomic E-state index is 0.00375. The minimum Gasteiger partial charge on any atom is -0.497 e. The number of ketones is 1. The van der Waals surface area contributed by atoms with Crippen LogP contribution in [-0.4, -0.2) is 27.6 Å². The van der Waals surface area contributed by atoms with Crippen LogP contribution >= 0.6 is 0 Å². The summed E-state index contributed by atoms with van der Waals surface area (Å²) in [7, 11) is 0.761. The van der Waals surface area contributed by atoms with E-state index in [1.165, 1.54) is 0 Å². The second kappa shape index (κ2) is 6.21. The highest BCUT2D eigenvalue weighted by atomic mass is 32.2. The molecule has 0 radical (unpaired) electrons. The zero-order valence-electron chi connectivity index (χ0n) is 12.6. The third-order valence-electron chi connectivity index (χ3n) is 4.79. The fourth-order valence-electron chi connectivity index (χ4n) is 3.62. The van der Waals surface area contributed by atoms with Gasteiger partial charge in [-0.3, -0.25) is 9.00 Å². The number of nitriles is 1. The van der Waals surface area contributed by atoms with Gasteiger partial charge in [0.1, 0.15) is 5.75 Å². The van der Waals surface area contributed by atoms with Gasteiger partial charge in [0.05, 0.1) is 18.7 Å². The largest absolute Gasteiger partial charge is 0.497 e. The molecule has 1 aromatic carbocycles. The molecule has 2 fully saturated rings. The summed E-state index contributed by atoms with van der Waals surface area (Å²) in [5.74, 6) is 0.471. The molecule has 4 nitrogen and oxygen atoms in total. The average Bonchev–Trinajstić information content (AvgIpc) is 2.53. The van der Waals surface area contributed by atoms with Crippen molar-refractivity contribution in [2.45, 2.75) is 42.6 Å². The normalized spacial score (nSPS) is 30.4. The van der Waals surface area contributed by atoms with E-state index in [4.69, 9.17) is 4.74 Å². The number of hydrogen-bond acceptors (Lipinski definition) is 4. The van der Waals surface area contributed by atoms with Gasteiger partial charge in [0.2, 0.25) is 0 Å². The van der Waals surface area contributed by atoms with E-state index in [0.717, 1.165) is 19.3 Å². The van der Waals surface area contributed by atoms with Crippen LogP contribution in [0.4, 0.5) is 0 Å². The predicted molar refractivity (Wildman–Crippen MR) is 84.3 cm³/mol. The van der Waals surface area contributed by atoms with E-state index in [-0.39, 0.29) is 22.2 Å². The summed E-state index contributed by atoms with van der Waals surface area (Å²) >= 11 is 0. The van der Waals surface area contributed by atoms with Crippen molar-refractivity contribution >= 4 is 16.6 Å². The van der Waals surface area contributed by atoms with Crippen LogP contribution in [0, 0.1) is 17.2 Å². The van der Waals surface area contributed by atoms with Crippen molar-refractivity contribution < 1.29 is 13.7 Å². The fraction of sp³-hybridized carbons (Fsp3) is 0.529. The maximum Gasteiger partial charge on any atom is 0.167 e. The summed E-state index contributed by atoms with van der Waals surface area (Å²) in [4.78, 5) is 12.9. The highest BCUT2D eigenvalue weighted by molar-refractivity contribution is 7.86. The van der Waals surface area contributed by atoms with Gasteiger partial charge in [-0.2, -0.15) is 5.26 Å². The van der Waals surface area contributed by atoms with Gasteiger partial charge in [-0.25, -0.2) is 0 Å². The Morgan fingerprint density at radius 1 is 1.32 bits per heavy atom. The number of benzene rings is 1. The number of carbonyl (C=O) groups is 1. The lowest BCUT2D eigenvalue weighted by molar-refractivity contribution is 0.0894. The van der Waals surface area contributed by atoms with E-state index < -0.39 is 10.8 Å². The molecule has 3 rings (SSSR count). The number of carbonyl (C=O) groups excluding carboxylic acids is 1. The lowest BCUT2D eigenvalue weighted by atomic mass is 9.83. The standard InChI is InChI=1S/C17H19NO3S/c1-21-13-6-5-11(10-18)16(9-13)17(19)12-7-14-3-2-4-15(8-12)22(14)20/h5-6,9,12,14-15H,2-4,7-8H2,1H3. The molecule has 2 heterocycles. The van der Waals surface area contributed by atoms with Crippen LogP contribution < -0.4 is 4.74 Å². The quantitative estimate of drug-likeness (QED) is 0.804. The molecule has 2 unspecified atom stereocenters. The molecule has 2 aliphatic rings. The van der Waals surface area contributed by atoms with Crippen molar-refractivity contribution in [3.63, 3.8) is 0 Å². The molecular weight excluding hydrogens is 298 g/mol. The number of ether oxygens (including phenoxy) is 1. The van der Waals surface area contributed by atoms with E-state index in [1.54, 1.807) is 25.3 Å². The van der Waals surface area contributed by atoms with E-state index >= 15 is 0 Å². The summed E-state index contributed by atoms with van der Waals surface area (Å²) in [5, 5.41) is 9.54. The van der Waals surface area contributed by atoms with E-state index in [2.05, 4.69) is 6.07 Å². The minimum atomic E-state index is -0.785. The monoisotopic (exact) mass is 317 g/mol. The number of fused-ring (bicyclic) bond motifs is 2. The van der Waals surface area contributed by atoms with Crippen molar-refractivity contribution in [3.05, 3.63) is 29.3 Å². The lowest BCUT2D eigenvalue weighted by Crippen LogP contribution is -2.41. The average molecular weight is 317 g/mol. The predicted octanol–water partition coefficient (Wildman–Crippen LogP) is 2.83. The molecule has 22 heavy (non-hydrogen) atoms. The van der Waals surface area contributed by atoms with Crippen molar-refractivity contribution in [2.24, 2.45) is 5.92 Å². The first-order valence-corrected chi connectivity index (χ1v) is 8.93.